The minimum absolute atomic E-state index is 0.166. The van der Waals surface area contributed by atoms with Crippen molar-refractivity contribution in [1.82, 2.24) is 4.57 Å². The van der Waals surface area contributed by atoms with E-state index in [1.165, 1.54) is 23.0 Å². The van der Waals surface area contributed by atoms with Gasteiger partial charge in [-0.25, -0.2) is 4.39 Å². The van der Waals surface area contributed by atoms with Crippen LogP contribution in [0.5, 0.6) is 0 Å². The van der Waals surface area contributed by atoms with Crippen molar-refractivity contribution in [3.8, 4) is 0 Å². The Morgan fingerprint density at radius 2 is 1.94 bits per heavy atom. The monoisotopic (exact) mass is 246 g/mol. The van der Waals surface area contributed by atoms with E-state index >= 15 is 0 Å². The number of aryl methyl sites for hydroxylation is 1. The molecule has 1 N–H and O–H groups in total. The molecule has 1 aromatic heterocycles. The quantitative estimate of drug-likeness (QED) is 0.873. The van der Waals surface area contributed by atoms with Crippen LogP contribution in [-0.4, -0.2) is 4.57 Å². The Balaban J connectivity index is 2.16. The Hall–Kier alpha value is -1.77. The molecule has 18 heavy (non-hydrogen) atoms. The number of hydrogen-bond donors (Lipinski definition) is 1. The second kappa shape index (κ2) is 4.84. The molecule has 2 aromatic rings. The molecule has 0 aliphatic heterocycles. The summed E-state index contributed by atoms with van der Waals surface area (Å²) in [5, 5.41) is 3.30. The van der Waals surface area contributed by atoms with E-state index in [-0.39, 0.29) is 5.82 Å². The van der Waals surface area contributed by atoms with Gasteiger partial charge in [0.1, 0.15) is 5.82 Å². The standard InChI is InChI=1S/C15H19FN2/c1-10-8-13(12(3)18(10)4)9-17-15-7-5-6-14(16)11(15)2/h5-8,17H,9H2,1-4H3. The molecule has 0 atom stereocenters. The molecule has 0 saturated carbocycles. The summed E-state index contributed by atoms with van der Waals surface area (Å²) >= 11 is 0. The molecule has 0 amide bonds. The average molecular weight is 246 g/mol. The highest BCUT2D eigenvalue weighted by Gasteiger charge is 2.07. The molecule has 2 rings (SSSR count). The number of halogens is 1. The van der Waals surface area contributed by atoms with Gasteiger partial charge in [0.25, 0.3) is 0 Å². The van der Waals surface area contributed by atoms with E-state index < -0.39 is 0 Å². The Kier molecular flexibility index (Phi) is 3.41. The summed E-state index contributed by atoms with van der Waals surface area (Å²) in [6, 6.07) is 7.28. The Labute approximate surface area is 107 Å². The first kappa shape index (κ1) is 12.7. The highest BCUT2D eigenvalue weighted by atomic mass is 19.1. The fourth-order valence-electron chi connectivity index (χ4n) is 2.10. The fraction of sp³-hybridized carbons (Fsp3) is 0.333. The van der Waals surface area contributed by atoms with Crippen molar-refractivity contribution in [2.45, 2.75) is 27.3 Å². The number of benzene rings is 1. The normalized spacial score (nSPS) is 10.7. The molecule has 1 heterocycles. The first-order chi connectivity index (χ1) is 8.50. The molecule has 1 aromatic carbocycles. The summed E-state index contributed by atoms with van der Waals surface area (Å²) in [6.07, 6.45) is 0. The van der Waals surface area contributed by atoms with E-state index in [2.05, 4.69) is 36.8 Å². The summed E-state index contributed by atoms with van der Waals surface area (Å²) in [7, 11) is 2.06. The van der Waals surface area contributed by atoms with Crippen LogP contribution in [0.2, 0.25) is 0 Å². The zero-order valence-electron chi connectivity index (χ0n) is 11.3. The molecule has 0 radical (unpaired) electrons. The van der Waals surface area contributed by atoms with Crippen LogP contribution in [0.25, 0.3) is 0 Å². The fourth-order valence-corrected chi connectivity index (χ4v) is 2.10. The molecule has 0 aliphatic carbocycles. The molecular formula is C15H19FN2. The summed E-state index contributed by atoms with van der Waals surface area (Å²) in [5.74, 6) is -0.166. The van der Waals surface area contributed by atoms with Crippen molar-refractivity contribution >= 4 is 5.69 Å². The maximum Gasteiger partial charge on any atom is 0.128 e. The van der Waals surface area contributed by atoms with Crippen LogP contribution in [0, 0.1) is 26.6 Å². The lowest BCUT2D eigenvalue weighted by Crippen LogP contribution is -2.03. The van der Waals surface area contributed by atoms with Gasteiger partial charge < -0.3 is 9.88 Å². The van der Waals surface area contributed by atoms with Crippen LogP contribution in [0.4, 0.5) is 10.1 Å². The molecule has 0 saturated heterocycles. The lowest BCUT2D eigenvalue weighted by Gasteiger charge is -2.10. The van der Waals surface area contributed by atoms with Crippen LogP contribution in [0.1, 0.15) is 22.5 Å². The molecule has 0 unspecified atom stereocenters. The van der Waals surface area contributed by atoms with Gasteiger partial charge in [-0.2, -0.15) is 0 Å². The largest absolute Gasteiger partial charge is 0.381 e. The lowest BCUT2D eigenvalue weighted by molar-refractivity contribution is 0.619. The number of nitrogens with one attached hydrogen (secondary N) is 1. The average Bonchev–Trinajstić information content (AvgIpc) is 2.59. The zero-order valence-corrected chi connectivity index (χ0v) is 11.3. The van der Waals surface area contributed by atoms with Crippen LogP contribution in [0.3, 0.4) is 0 Å². The molecule has 3 heteroatoms. The smallest absolute Gasteiger partial charge is 0.128 e. The third kappa shape index (κ3) is 2.26. The molecule has 2 nitrogen and oxygen atoms in total. The van der Waals surface area contributed by atoms with Gasteiger partial charge >= 0.3 is 0 Å². The number of anilines is 1. The van der Waals surface area contributed by atoms with Gasteiger partial charge in [-0.15, -0.1) is 0 Å². The van der Waals surface area contributed by atoms with Crippen LogP contribution < -0.4 is 5.32 Å². The van der Waals surface area contributed by atoms with Crippen molar-refractivity contribution in [1.29, 1.82) is 0 Å². The third-order valence-corrected chi connectivity index (χ3v) is 3.62. The number of nitrogens with zero attached hydrogens (tertiary/aromatic N) is 1. The predicted molar refractivity (Wildman–Crippen MR) is 73.4 cm³/mol. The molecule has 0 fully saturated rings. The molecule has 0 aliphatic rings. The number of aromatic nitrogens is 1. The first-order valence-electron chi connectivity index (χ1n) is 6.11. The summed E-state index contributed by atoms with van der Waals surface area (Å²) in [4.78, 5) is 0. The summed E-state index contributed by atoms with van der Waals surface area (Å²) < 4.78 is 15.6. The molecular weight excluding hydrogens is 227 g/mol. The van der Waals surface area contributed by atoms with Crippen LogP contribution >= 0.6 is 0 Å². The summed E-state index contributed by atoms with van der Waals surface area (Å²) in [6.45, 7) is 6.70. The number of hydrogen-bond acceptors (Lipinski definition) is 1. The highest BCUT2D eigenvalue weighted by molar-refractivity contribution is 5.51. The predicted octanol–water partition coefficient (Wildman–Crippen LogP) is 3.70. The van der Waals surface area contributed by atoms with Crippen LogP contribution in [-0.2, 0) is 13.6 Å². The van der Waals surface area contributed by atoms with Gasteiger partial charge in [-0.3, -0.25) is 0 Å². The molecule has 0 spiro atoms. The van der Waals surface area contributed by atoms with E-state index in [4.69, 9.17) is 0 Å². The van der Waals surface area contributed by atoms with Crippen molar-refractivity contribution in [2.75, 3.05) is 5.32 Å². The zero-order chi connectivity index (χ0) is 13.3. The Morgan fingerprint density at radius 1 is 1.22 bits per heavy atom. The van der Waals surface area contributed by atoms with E-state index in [0.717, 1.165) is 12.2 Å². The molecule has 0 bridgehead atoms. The minimum Gasteiger partial charge on any atom is -0.381 e. The van der Waals surface area contributed by atoms with Crippen molar-refractivity contribution in [3.05, 3.63) is 52.6 Å². The van der Waals surface area contributed by atoms with Crippen molar-refractivity contribution < 1.29 is 4.39 Å². The van der Waals surface area contributed by atoms with Gasteiger partial charge in [-0.05, 0) is 44.5 Å². The Bertz CT molecular complexity index is 570. The number of rotatable bonds is 3. The topological polar surface area (TPSA) is 17.0 Å². The summed E-state index contributed by atoms with van der Waals surface area (Å²) in [5.41, 5.74) is 5.26. The van der Waals surface area contributed by atoms with Gasteiger partial charge in [0.05, 0.1) is 0 Å². The second-order valence-electron chi connectivity index (χ2n) is 4.72. The van der Waals surface area contributed by atoms with E-state index in [1.807, 2.05) is 6.07 Å². The maximum absolute atomic E-state index is 13.4. The van der Waals surface area contributed by atoms with E-state index in [1.54, 1.807) is 13.0 Å². The SMILES string of the molecule is Cc1c(F)cccc1NCc1cc(C)n(C)c1C. The third-order valence-electron chi connectivity index (χ3n) is 3.62. The van der Waals surface area contributed by atoms with E-state index in [9.17, 15) is 4.39 Å². The second-order valence-corrected chi connectivity index (χ2v) is 4.72. The van der Waals surface area contributed by atoms with Gasteiger partial charge in [-0.1, -0.05) is 6.07 Å². The molecule has 96 valence electrons. The van der Waals surface area contributed by atoms with Gasteiger partial charge in [0, 0.05) is 36.2 Å². The first-order valence-corrected chi connectivity index (χ1v) is 6.11. The van der Waals surface area contributed by atoms with Crippen LogP contribution in [0.15, 0.2) is 24.3 Å². The minimum atomic E-state index is -0.166. The van der Waals surface area contributed by atoms with Crippen molar-refractivity contribution in [3.63, 3.8) is 0 Å². The maximum atomic E-state index is 13.4. The van der Waals surface area contributed by atoms with Gasteiger partial charge in [0.15, 0.2) is 0 Å². The van der Waals surface area contributed by atoms with Gasteiger partial charge in [0.2, 0.25) is 0 Å². The van der Waals surface area contributed by atoms with Crippen molar-refractivity contribution in [2.24, 2.45) is 7.05 Å². The Morgan fingerprint density at radius 3 is 2.56 bits per heavy atom. The highest BCUT2D eigenvalue weighted by Crippen LogP contribution is 2.20. The lowest BCUT2D eigenvalue weighted by atomic mass is 10.1. The van der Waals surface area contributed by atoms with E-state index in [0.29, 0.717) is 5.56 Å².